The van der Waals surface area contributed by atoms with Crippen molar-refractivity contribution in [3.8, 4) is 0 Å². The van der Waals surface area contributed by atoms with Crippen molar-refractivity contribution < 1.29 is 42.5 Å². The van der Waals surface area contributed by atoms with Gasteiger partial charge < -0.3 is 4.55 Å². The van der Waals surface area contributed by atoms with E-state index in [1.54, 1.807) is 0 Å². The maximum Gasteiger partial charge on any atom is 1.00 e. The maximum atomic E-state index is 10.8. The number of fused-ring (bicyclic) bond motifs is 1. The van der Waals surface area contributed by atoms with Crippen LogP contribution in [0, 0.1) is 0 Å². The normalized spacial score (nSPS) is 16.6. The second-order valence-corrected chi connectivity index (χ2v) is 4.68. The molecule has 15 heavy (non-hydrogen) atoms. The topological polar surface area (TPSA) is 60.4 Å². The van der Waals surface area contributed by atoms with Gasteiger partial charge in [0, 0.05) is 13.1 Å². The number of hydrogen-bond donors (Lipinski definition) is 0. The predicted molar refractivity (Wildman–Crippen MR) is 50.3 cm³/mol. The van der Waals surface area contributed by atoms with Crippen molar-refractivity contribution in [3.05, 3.63) is 35.4 Å². The summed E-state index contributed by atoms with van der Waals surface area (Å²) < 4.78 is 33.3. The molecule has 1 heterocycles. The second kappa shape index (κ2) is 4.95. The van der Waals surface area contributed by atoms with Gasteiger partial charge in [0.15, 0.2) is 10.3 Å². The molecule has 0 radical (unpaired) electrons. The smallest absolute Gasteiger partial charge is 0.735 e. The Kier molecular flexibility index (Phi) is 4.34. The average Bonchev–Trinajstić information content (AvgIpc) is 2.16. The first-order valence-electron chi connectivity index (χ1n) is 4.35. The monoisotopic (exact) mass is 235 g/mol. The van der Waals surface area contributed by atoms with Crippen LogP contribution in [-0.4, -0.2) is 23.8 Å². The molecule has 0 unspecified atom stereocenters. The van der Waals surface area contributed by atoms with Crippen molar-refractivity contribution in [2.75, 3.05) is 6.54 Å². The van der Waals surface area contributed by atoms with Gasteiger partial charge in [-0.25, -0.2) is 12.7 Å². The van der Waals surface area contributed by atoms with Gasteiger partial charge in [-0.2, -0.15) is 0 Å². The number of nitrogens with zero attached hydrogens (tertiary/aromatic N) is 1. The summed E-state index contributed by atoms with van der Waals surface area (Å²) in [6.07, 6.45) is 0.623. The summed E-state index contributed by atoms with van der Waals surface area (Å²) in [4.78, 5) is 0. The Morgan fingerprint density at radius 2 is 1.80 bits per heavy atom. The Morgan fingerprint density at radius 1 is 1.20 bits per heavy atom. The molecule has 0 saturated heterocycles. The van der Waals surface area contributed by atoms with Gasteiger partial charge in [0.25, 0.3) is 0 Å². The van der Waals surface area contributed by atoms with Crippen molar-refractivity contribution in [2.24, 2.45) is 0 Å². The van der Waals surface area contributed by atoms with Crippen LogP contribution in [0.4, 0.5) is 0 Å². The first kappa shape index (κ1) is 13.2. The largest absolute Gasteiger partial charge is 1.00 e. The Hall–Kier alpha value is 0.0900. The number of hydrogen-bond acceptors (Lipinski definition) is 3. The summed E-state index contributed by atoms with van der Waals surface area (Å²) in [5, 5.41) is 0. The van der Waals surface area contributed by atoms with E-state index in [-0.39, 0.29) is 36.1 Å². The van der Waals surface area contributed by atoms with Crippen molar-refractivity contribution in [1.82, 2.24) is 4.31 Å². The predicted octanol–water partition coefficient (Wildman–Crippen LogP) is -2.49. The van der Waals surface area contributed by atoms with Gasteiger partial charge in [-0.1, -0.05) is 24.3 Å². The molecule has 0 N–H and O–H groups in total. The second-order valence-electron chi connectivity index (χ2n) is 3.31. The van der Waals surface area contributed by atoms with Gasteiger partial charge in [-0.05, 0) is 17.5 Å². The van der Waals surface area contributed by atoms with Gasteiger partial charge in [0.1, 0.15) is 0 Å². The molecular weight excluding hydrogens is 225 g/mol. The van der Waals surface area contributed by atoms with Crippen LogP contribution in [0.25, 0.3) is 0 Å². The minimum atomic E-state index is -4.29. The molecule has 0 bridgehead atoms. The minimum Gasteiger partial charge on any atom is -0.735 e. The molecule has 0 saturated carbocycles. The van der Waals surface area contributed by atoms with Gasteiger partial charge >= 0.3 is 29.6 Å². The molecule has 1 aliphatic rings. The Balaban J connectivity index is 0.00000112. The van der Waals surface area contributed by atoms with Crippen LogP contribution in [-0.2, 0) is 23.3 Å². The molecule has 0 aliphatic carbocycles. The van der Waals surface area contributed by atoms with Crippen LogP contribution in [0.2, 0.25) is 0 Å². The molecule has 2 rings (SSSR count). The molecule has 0 amide bonds. The summed E-state index contributed by atoms with van der Waals surface area (Å²) in [5.74, 6) is 0. The van der Waals surface area contributed by atoms with E-state index in [1.165, 1.54) is 0 Å². The van der Waals surface area contributed by atoms with Gasteiger partial charge in [0.2, 0.25) is 0 Å². The zero-order valence-corrected chi connectivity index (χ0v) is 11.3. The first-order chi connectivity index (χ1) is 6.57. The summed E-state index contributed by atoms with van der Waals surface area (Å²) in [5.41, 5.74) is 2.06. The van der Waals surface area contributed by atoms with Crippen LogP contribution in [0.3, 0.4) is 0 Å². The summed E-state index contributed by atoms with van der Waals surface area (Å²) in [7, 11) is -4.29. The van der Waals surface area contributed by atoms with E-state index >= 15 is 0 Å². The SMILES string of the molecule is O=S(=O)([O-])N1CCc2ccccc2C1.[Na+]. The van der Waals surface area contributed by atoms with E-state index in [1.807, 2.05) is 24.3 Å². The molecule has 0 aromatic heterocycles. The number of benzene rings is 1. The van der Waals surface area contributed by atoms with Crippen LogP contribution >= 0.6 is 0 Å². The van der Waals surface area contributed by atoms with Crippen LogP contribution in [0.1, 0.15) is 11.1 Å². The standard InChI is InChI=1S/C9H11NO3S.Na/c11-14(12,13)10-6-5-8-3-1-2-4-9(8)7-10;/h1-4H,5-7H2,(H,11,12,13);/q;+1/p-1. The molecule has 0 atom stereocenters. The fraction of sp³-hybridized carbons (Fsp3) is 0.333. The molecule has 1 aromatic carbocycles. The Morgan fingerprint density at radius 3 is 2.40 bits per heavy atom. The van der Waals surface area contributed by atoms with Crippen molar-refractivity contribution >= 4 is 10.3 Å². The quantitative estimate of drug-likeness (QED) is 0.399. The van der Waals surface area contributed by atoms with E-state index in [0.717, 1.165) is 15.4 Å². The molecular formula is C9H10NNaO3S. The van der Waals surface area contributed by atoms with Crippen LogP contribution in [0.5, 0.6) is 0 Å². The third-order valence-corrected chi connectivity index (χ3v) is 3.36. The van der Waals surface area contributed by atoms with Gasteiger partial charge in [-0.15, -0.1) is 0 Å². The summed E-state index contributed by atoms with van der Waals surface area (Å²) in [6.45, 7) is 0.505. The Labute approximate surface area is 111 Å². The molecule has 0 fully saturated rings. The van der Waals surface area contributed by atoms with E-state index in [4.69, 9.17) is 0 Å². The molecule has 1 aromatic rings. The van der Waals surface area contributed by atoms with E-state index in [0.29, 0.717) is 13.0 Å². The van der Waals surface area contributed by atoms with E-state index in [2.05, 4.69) is 0 Å². The summed E-state index contributed by atoms with van der Waals surface area (Å²) in [6, 6.07) is 7.58. The van der Waals surface area contributed by atoms with E-state index in [9.17, 15) is 13.0 Å². The fourth-order valence-electron chi connectivity index (χ4n) is 1.66. The van der Waals surface area contributed by atoms with Crippen LogP contribution < -0.4 is 29.6 Å². The zero-order chi connectivity index (χ0) is 10.2. The van der Waals surface area contributed by atoms with Crippen LogP contribution in [0.15, 0.2) is 24.3 Å². The molecule has 4 nitrogen and oxygen atoms in total. The Bertz CT molecular complexity index is 446. The average molecular weight is 235 g/mol. The zero-order valence-electron chi connectivity index (χ0n) is 8.51. The molecule has 76 valence electrons. The molecule has 0 spiro atoms. The fourth-order valence-corrected chi connectivity index (χ4v) is 2.27. The van der Waals surface area contributed by atoms with Crippen molar-refractivity contribution in [3.63, 3.8) is 0 Å². The summed E-state index contributed by atoms with van der Waals surface area (Å²) >= 11 is 0. The van der Waals surface area contributed by atoms with Crippen molar-refractivity contribution in [2.45, 2.75) is 13.0 Å². The molecule has 1 aliphatic heterocycles. The third-order valence-electron chi connectivity index (χ3n) is 2.41. The third kappa shape index (κ3) is 3.03. The van der Waals surface area contributed by atoms with E-state index < -0.39 is 10.3 Å². The number of rotatable bonds is 1. The van der Waals surface area contributed by atoms with Crippen molar-refractivity contribution in [1.29, 1.82) is 0 Å². The van der Waals surface area contributed by atoms with Gasteiger partial charge in [0.05, 0.1) is 0 Å². The van der Waals surface area contributed by atoms with Gasteiger partial charge in [-0.3, -0.25) is 0 Å². The maximum absolute atomic E-state index is 10.8. The first-order valence-corrected chi connectivity index (χ1v) is 5.71. The minimum absolute atomic E-state index is 0. The molecule has 6 heteroatoms.